The first-order valence-electron chi connectivity index (χ1n) is 9.88. The number of benzene rings is 2. The van der Waals surface area contributed by atoms with Gasteiger partial charge in [0.05, 0.1) is 29.5 Å². The van der Waals surface area contributed by atoms with Crippen LogP contribution in [-0.4, -0.2) is 36.8 Å². The summed E-state index contributed by atoms with van der Waals surface area (Å²) in [4.78, 5) is 8.85. The van der Waals surface area contributed by atoms with E-state index in [2.05, 4.69) is 35.2 Å². The molecule has 166 valence electrons. The predicted molar refractivity (Wildman–Crippen MR) is 129 cm³/mol. The van der Waals surface area contributed by atoms with E-state index in [1.807, 2.05) is 12.1 Å². The number of rotatable bonds is 7. The van der Waals surface area contributed by atoms with Gasteiger partial charge in [0, 0.05) is 34.2 Å². The van der Waals surface area contributed by atoms with E-state index in [1.165, 1.54) is 11.5 Å². The molecule has 5 rings (SSSR count). The third-order valence-electron chi connectivity index (χ3n) is 4.96. The second-order valence-corrected chi connectivity index (χ2v) is 8.19. The third kappa shape index (κ3) is 4.44. The van der Waals surface area contributed by atoms with Gasteiger partial charge in [-0.15, -0.1) is 0 Å². The Balaban J connectivity index is 1.32. The summed E-state index contributed by atoms with van der Waals surface area (Å²) >= 11 is 7.70. The Kier molecular flexibility index (Phi) is 5.78. The number of aliphatic hydroxyl groups is 1. The molecule has 0 radical (unpaired) electrons. The van der Waals surface area contributed by atoms with Gasteiger partial charge in [-0.3, -0.25) is 5.10 Å². The van der Waals surface area contributed by atoms with Crippen LogP contribution in [-0.2, 0) is 0 Å². The SMILES string of the molecule is COc1ccc(C(O)Nc2cc(-c3nsc(Nc4ccc5[nH]ncc5c4Cl)n3)ccn2)cc1. The van der Waals surface area contributed by atoms with E-state index in [0.29, 0.717) is 33.0 Å². The van der Waals surface area contributed by atoms with Gasteiger partial charge in [-0.2, -0.15) is 14.5 Å². The maximum Gasteiger partial charge on any atom is 0.207 e. The molecule has 0 saturated carbocycles. The molecule has 0 aliphatic carbocycles. The van der Waals surface area contributed by atoms with Crippen molar-refractivity contribution in [3.05, 3.63) is 71.5 Å². The van der Waals surface area contributed by atoms with Crippen molar-refractivity contribution in [3.63, 3.8) is 0 Å². The minimum Gasteiger partial charge on any atom is -0.497 e. The van der Waals surface area contributed by atoms with Gasteiger partial charge in [0.1, 0.15) is 11.6 Å². The average Bonchev–Trinajstić information content (AvgIpc) is 3.51. The molecule has 0 aliphatic rings. The molecule has 2 aromatic carbocycles. The van der Waals surface area contributed by atoms with Crippen LogP contribution in [0, 0.1) is 0 Å². The quantitative estimate of drug-likeness (QED) is 0.241. The van der Waals surface area contributed by atoms with Crippen molar-refractivity contribution in [1.29, 1.82) is 0 Å². The fourth-order valence-electron chi connectivity index (χ4n) is 3.24. The number of anilines is 3. The molecule has 0 bridgehead atoms. The van der Waals surface area contributed by atoms with Gasteiger partial charge in [-0.05, 0) is 36.4 Å². The summed E-state index contributed by atoms with van der Waals surface area (Å²) in [6, 6.07) is 14.5. The molecule has 0 spiro atoms. The van der Waals surface area contributed by atoms with Gasteiger partial charge in [-0.1, -0.05) is 23.7 Å². The average molecular weight is 480 g/mol. The van der Waals surface area contributed by atoms with E-state index in [0.717, 1.165) is 22.2 Å². The first-order chi connectivity index (χ1) is 16.1. The number of nitrogens with one attached hydrogen (secondary N) is 3. The minimum atomic E-state index is -0.931. The normalized spacial score (nSPS) is 12.0. The summed E-state index contributed by atoms with van der Waals surface area (Å²) in [5.74, 6) is 1.75. The molecule has 33 heavy (non-hydrogen) atoms. The topological polar surface area (TPSA) is 121 Å². The number of halogens is 1. The number of methoxy groups -OCH3 is 1. The minimum absolute atomic E-state index is 0.494. The van der Waals surface area contributed by atoms with E-state index in [4.69, 9.17) is 16.3 Å². The van der Waals surface area contributed by atoms with Crippen molar-refractivity contribution in [2.24, 2.45) is 0 Å². The Hall–Kier alpha value is -3.73. The fraction of sp³-hybridized carbons (Fsp3) is 0.0909. The van der Waals surface area contributed by atoms with Gasteiger partial charge < -0.3 is 20.5 Å². The number of aromatic amines is 1. The molecule has 5 aromatic rings. The van der Waals surface area contributed by atoms with Crippen LogP contribution in [0.15, 0.2) is 60.9 Å². The zero-order valence-electron chi connectivity index (χ0n) is 17.3. The van der Waals surface area contributed by atoms with E-state index < -0.39 is 6.23 Å². The van der Waals surface area contributed by atoms with Crippen LogP contribution in [0.4, 0.5) is 16.6 Å². The summed E-state index contributed by atoms with van der Waals surface area (Å²) in [6.07, 6.45) is 2.38. The molecule has 11 heteroatoms. The molecule has 3 aromatic heterocycles. The Morgan fingerprint density at radius 1 is 1.15 bits per heavy atom. The summed E-state index contributed by atoms with van der Waals surface area (Å²) in [5, 5.41) is 25.6. The lowest BCUT2D eigenvalue weighted by atomic mass is 10.2. The number of aliphatic hydroxyl groups excluding tert-OH is 1. The van der Waals surface area contributed by atoms with Gasteiger partial charge in [0.2, 0.25) is 5.13 Å². The zero-order valence-corrected chi connectivity index (χ0v) is 18.9. The lowest BCUT2D eigenvalue weighted by Crippen LogP contribution is -2.10. The van der Waals surface area contributed by atoms with Gasteiger partial charge in [0.25, 0.3) is 0 Å². The summed E-state index contributed by atoms with van der Waals surface area (Å²) in [5.41, 5.74) is 3.02. The van der Waals surface area contributed by atoms with E-state index in [1.54, 1.807) is 55.9 Å². The molecule has 4 N–H and O–H groups in total. The number of hydrogen-bond acceptors (Lipinski definition) is 9. The summed E-state index contributed by atoms with van der Waals surface area (Å²) in [6.45, 7) is 0. The number of fused-ring (bicyclic) bond motifs is 1. The molecule has 0 saturated heterocycles. The Morgan fingerprint density at radius 2 is 2.00 bits per heavy atom. The van der Waals surface area contributed by atoms with Gasteiger partial charge in [-0.25, -0.2) is 4.98 Å². The van der Waals surface area contributed by atoms with E-state index in [-0.39, 0.29) is 0 Å². The molecule has 0 amide bonds. The number of aromatic nitrogens is 5. The number of nitrogens with zero attached hydrogens (tertiary/aromatic N) is 4. The number of H-pyrrole nitrogens is 1. The molecule has 3 heterocycles. The standard InChI is InChI=1S/C22H18ClN7O2S/c1-32-14-4-2-12(3-5-14)21(31)27-18-10-13(8-9-24-18)20-28-22(33-30-20)26-17-7-6-16-15(19(17)23)11-25-29-16/h2-11,21,31H,1H3,(H,24,27)(H,25,29)(H,26,28,30). The van der Waals surface area contributed by atoms with Crippen LogP contribution >= 0.6 is 23.1 Å². The van der Waals surface area contributed by atoms with Crippen LogP contribution in [0.5, 0.6) is 5.75 Å². The van der Waals surface area contributed by atoms with Crippen molar-refractivity contribution in [1.82, 2.24) is 24.5 Å². The number of ether oxygens (including phenoxy) is 1. The van der Waals surface area contributed by atoms with Crippen LogP contribution in [0.25, 0.3) is 22.3 Å². The van der Waals surface area contributed by atoms with Gasteiger partial charge >= 0.3 is 0 Å². The second-order valence-electron chi connectivity index (χ2n) is 7.06. The van der Waals surface area contributed by atoms with Crippen molar-refractivity contribution >= 4 is 50.7 Å². The van der Waals surface area contributed by atoms with Crippen molar-refractivity contribution in [3.8, 4) is 17.1 Å². The molecule has 0 aliphatic heterocycles. The molecule has 1 unspecified atom stereocenters. The van der Waals surface area contributed by atoms with Gasteiger partial charge in [0.15, 0.2) is 12.1 Å². The predicted octanol–water partition coefficient (Wildman–Crippen LogP) is 4.99. The van der Waals surface area contributed by atoms with Crippen molar-refractivity contribution in [2.75, 3.05) is 17.7 Å². The lowest BCUT2D eigenvalue weighted by Gasteiger charge is -2.14. The smallest absolute Gasteiger partial charge is 0.207 e. The number of pyridine rings is 1. The van der Waals surface area contributed by atoms with E-state index >= 15 is 0 Å². The molecule has 9 nitrogen and oxygen atoms in total. The first-order valence-corrected chi connectivity index (χ1v) is 11.0. The van der Waals surface area contributed by atoms with Crippen molar-refractivity contribution in [2.45, 2.75) is 6.23 Å². The van der Waals surface area contributed by atoms with E-state index in [9.17, 15) is 5.11 Å². The highest BCUT2D eigenvalue weighted by Crippen LogP contribution is 2.33. The monoisotopic (exact) mass is 479 g/mol. The van der Waals surface area contributed by atoms with Crippen molar-refractivity contribution < 1.29 is 9.84 Å². The largest absolute Gasteiger partial charge is 0.497 e. The Labute approximate surface area is 197 Å². The molecular formula is C22H18ClN7O2S. The molecule has 0 fully saturated rings. The highest BCUT2D eigenvalue weighted by atomic mass is 35.5. The van der Waals surface area contributed by atoms with Crippen LogP contribution in [0.2, 0.25) is 5.02 Å². The Bertz CT molecular complexity index is 1400. The molecular weight excluding hydrogens is 462 g/mol. The first kappa shape index (κ1) is 21.1. The Morgan fingerprint density at radius 3 is 2.82 bits per heavy atom. The third-order valence-corrected chi connectivity index (χ3v) is 6.00. The molecule has 1 atom stereocenters. The van der Waals surface area contributed by atoms with Crippen LogP contribution in [0.1, 0.15) is 11.8 Å². The maximum atomic E-state index is 10.5. The van der Waals surface area contributed by atoms with Crippen LogP contribution in [0.3, 0.4) is 0 Å². The summed E-state index contributed by atoms with van der Waals surface area (Å²) < 4.78 is 9.59. The number of hydrogen-bond donors (Lipinski definition) is 4. The van der Waals surface area contributed by atoms with Crippen LogP contribution < -0.4 is 15.4 Å². The maximum absolute atomic E-state index is 10.5. The fourth-order valence-corrected chi connectivity index (χ4v) is 4.11. The highest BCUT2D eigenvalue weighted by Gasteiger charge is 2.13. The summed E-state index contributed by atoms with van der Waals surface area (Å²) in [7, 11) is 1.60. The zero-order chi connectivity index (χ0) is 22.8. The lowest BCUT2D eigenvalue weighted by molar-refractivity contribution is 0.207. The highest BCUT2D eigenvalue weighted by molar-refractivity contribution is 7.10. The second kappa shape index (κ2) is 9.02.